The molecule has 2 aromatic heterocycles. The van der Waals surface area contributed by atoms with Crippen molar-refractivity contribution in [3.05, 3.63) is 22.1 Å². The van der Waals surface area contributed by atoms with E-state index >= 15 is 0 Å². The molecule has 0 radical (unpaired) electrons. The van der Waals surface area contributed by atoms with Crippen molar-refractivity contribution in [3.63, 3.8) is 0 Å². The highest BCUT2D eigenvalue weighted by Gasteiger charge is 2.42. The zero-order chi connectivity index (χ0) is 21.3. The first-order valence-electron chi connectivity index (χ1n) is 9.21. The van der Waals surface area contributed by atoms with Crippen LogP contribution < -0.4 is 5.32 Å². The van der Waals surface area contributed by atoms with E-state index < -0.39 is 23.7 Å². The third-order valence-corrected chi connectivity index (χ3v) is 5.42. The summed E-state index contributed by atoms with van der Waals surface area (Å²) in [6, 6.07) is -0.994. The first-order valence-corrected chi connectivity index (χ1v) is 10.4. The molecule has 0 aromatic carbocycles. The summed E-state index contributed by atoms with van der Waals surface area (Å²) in [6.45, 7) is 7.55. The summed E-state index contributed by atoms with van der Waals surface area (Å²) in [7, 11) is 0. The number of ether oxygens (including phenoxy) is 2. The summed E-state index contributed by atoms with van der Waals surface area (Å²) in [5, 5.41) is 3.67. The second-order valence-electron chi connectivity index (χ2n) is 7.64. The second-order valence-corrected chi connectivity index (χ2v) is 8.75. The molecular formula is C18H23BrClN5O4. The van der Waals surface area contributed by atoms with Gasteiger partial charge in [-0.15, -0.1) is 0 Å². The predicted octanol–water partition coefficient (Wildman–Crippen LogP) is 3.50. The lowest BCUT2D eigenvalue weighted by Crippen LogP contribution is -2.44. The first-order chi connectivity index (χ1) is 13.6. The Morgan fingerprint density at radius 2 is 2.14 bits per heavy atom. The smallest absolute Gasteiger partial charge is 0.411 e. The molecule has 1 amide bonds. The van der Waals surface area contributed by atoms with Crippen LogP contribution in [0, 0.1) is 0 Å². The van der Waals surface area contributed by atoms with E-state index in [4.69, 9.17) is 21.1 Å². The number of imidazole rings is 1. The highest BCUT2D eigenvalue weighted by molar-refractivity contribution is 9.10. The first kappa shape index (κ1) is 21.6. The number of likely N-dealkylation sites (tertiary alicyclic amines) is 1. The molecule has 1 aliphatic heterocycles. The van der Waals surface area contributed by atoms with Gasteiger partial charge in [-0.25, -0.2) is 19.6 Å². The minimum atomic E-state index is -0.742. The molecule has 9 nitrogen and oxygen atoms in total. The number of fused-ring (bicyclic) bond motifs is 1. The van der Waals surface area contributed by atoms with E-state index in [2.05, 4.69) is 31.2 Å². The number of carbonyl (C=O) groups excluding carboxylic acids is 2. The summed E-state index contributed by atoms with van der Waals surface area (Å²) in [5.74, 6) is 0.0313. The average molecular weight is 489 g/mol. The summed E-state index contributed by atoms with van der Waals surface area (Å²) < 4.78 is 12.8. The molecule has 1 fully saturated rings. The molecule has 2 aromatic rings. The van der Waals surface area contributed by atoms with Crippen LogP contribution in [0.5, 0.6) is 0 Å². The van der Waals surface area contributed by atoms with E-state index in [0.29, 0.717) is 27.6 Å². The number of hydrogen-bond acceptors (Lipinski definition) is 7. The Hall–Kier alpha value is -2.07. The van der Waals surface area contributed by atoms with Gasteiger partial charge in [0, 0.05) is 31.4 Å². The van der Waals surface area contributed by atoms with Crippen LogP contribution in [-0.2, 0) is 14.3 Å². The lowest BCUT2D eigenvalue weighted by atomic mass is 10.1. The van der Waals surface area contributed by atoms with Crippen LogP contribution in [-0.4, -0.2) is 62.2 Å². The molecule has 158 valence electrons. The zero-order valence-corrected chi connectivity index (χ0v) is 19.0. The summed E-state index contributed by atoms with van der Waals surface area (Å²) in [4.78, 5) is 35.2. The Morgan fingerprint density at radius 3 is 2.79 bits per heavy atom. The number of nitrogens with one attached hydrogen (secondary N) is 1. The molecule has 0 spiro atoms. The molecule has 0 bridgehead atoms. The van der Waals surface area contributed by atoms with Crippen molar-refractivity contribution in [1.82, 2.24) is 19.3 Å². The van der Waals surface area contributed by atoms with Crippen molar-refractivity contribution in [2.45, 2.75) is 51.8 Å². The van der Waals surface area contributed by atoms with Crippen LogP contribution in [0.1, 0.15) is 34.1 Å². The van der Waals surface area contributed by atoms with Gasteiger partial charge in [0.2, 0.25) is 0 Å². The SMILES string of the molecule is CCOC(=O)C1CC(Nc2nc(Br)c(Cl)n3ccnc23)CN1C(=O)OC(C)(C)C. The molecule has 11 heteroatoms. The Bertz CT molecular complexity index is 929. The normalized spacial score (nSPS) is 19.4. The van der Waals surface area contributed by atoms with Crippen molar-refractivity contribution in [3.8, 4) is 0 Å². The maximum absolute atomic E-state index is 12.7. The van der Waals surface area contributed by atoms with E-state index in [9.17, 15) is 9.59 Å². The maximum Gasteiger partial charge on any atom is 0.411 e. The van der Waals surface area contributed by atoms with Gasteiger partial charge in [-0.05, 0) is 43.6 Å². The molecule has 3 heterocycles. The minimum Gasteiger partial charge on any atom is -0.464 e. The predicted molar refractivity (Wildman–Crippen MR) is 111 cm³/mol. The number of nitrogens with zero attached hydrogens (tertiary/aromatic N) is 4. The highest BCUT2D eigenvalue weighted by atomic mass is 79.9. The average Bonchev–Trinajstić information content (AvgIpc) is 3.25. The number of aromatic nitrogens is 3. The molecule has 0 aliphatic carbocycles. The number of hydrogen-bond donors (Lipinski definition) is 1. The molecule has 29 heavy (non-hydrogen) atoms. The van der Waals surface area contributed by atoms with Gasteiger partial charge in [0.15, 0.2) is 11.5 Å². The van der Waals surface area contributed by atoms with Gasteiger partial charge in [0.1, 0.15) is 21.4 Å². The van der Waals surface area contributed by atoms with Gasteiger partial charge in [-0.1, -0.05) is 11.6 Å². The van der Waals surface area contributed by atoms with Crippen LogP contribution in [0.3, 0.4) is 0 Å². The fourth-order valence-corrected chi connectivity index (χ4v) is 3.69. The van der Waals surface area contributed by atoms with E-state index in [-0.39, 0.29) is 19.2 Å². The molecule has 2 unspecified atom stereocenters. The van der Waals surface area contributed by atoms with Crippen LogP contribution in [0.25, 0.3) is 5.65 Å². The highest BCUT2D eigenvalue weighted by Crippen LogP contribution is 2.29. The largest absolute Gasteiger partial charge is 0.464 e. The maximum atomic E-state index is 12.7. The van der Waals surface area contributed by atoms with Crippen molar-refractivity contribution in [2.75, 3.05) is 18.5 Å². The Balaban J connectivity index is 1.84. The quantitative estimate of drug-likeness (QED) is 0.658. The van der Waals surface area contributed by atoms with Crippen LogP contribution in [0.4, 0.5) is 10.6 Å². The lowest BCUT2D eigenvalue weighted by Gasteiger charge is -2.27. The van der Waals surface area contributed by atoms with Crippen molar-refractivity contribution in [2.24, 2.45) is 0 Å². The number of amides is 1. The Labute approximate surface area is 181 Å². The van der Waals surface area contributed by atoms with E-state index in [0.717, 1.165) is 0 Å². The van der Waals surface area contributed by atoms with Gasteiger partial charge in [0.05, 0.1) is 6.61 Å². The fraction of sp³-hybridized carbons (Fsp3) is 0.556. The molecular weight excluding hydrogens is 466 g/mol. The number of esters is 1. The zero-order valence-electron chi connectivity index (χ0n) is 16.6. The van der Waals surface area contributed by atoms with Crippen molar-refractivity contribution in [1.29, 1.82) is 0 Å². The molecule has 1 saturated heterocycles. The van der Waals surface area contributed by atoms with Crippen molar-refractivity contribution < 1.29 is 19.1 Å². The molecule has 0 saturated carbocycles. The van der Waals surface area contributed by atoms with E-state index in [1.807, 2.05) is 0 Å². The Morgan fingerprint density at radius 1 is 1.41 bits per heavy atom. The third kappa shape index (κ3) is 4.75. The molecule has 1 N–H and O–H groups in total. The molecule has 1 aliphatic rings. The Kier molecular flexibility index (Phi) is 6.23. The molecule has 2 atom stereocenters. The number of halogens is 2. The second kappa shape index (κ2) is 8.35. The van der Waals surface area contributed by atoms with E-state index in [1.165, 1.54) is 4.90 Å². The van der Waals surface area contributed by atoms with Gasteiger partial charge < -0.3 is 14.8 Å². The van der Waals surface area contributed by atoms with Crippen LogP contribution >= 0.6 is 27.5 Å². The van der Waals surface area contributed by atoms with Gasteiger partial charge in [-0.3, -0.25) is 9.30 Å². The van der Waals surface area contributed by atoms with Gasteiger partial charge in [0.25, 0.3) is 0 Å². The summed E-state index contributed by atoms with van der Waals surface area (Å²) >= 11 is 9.57. The monoisotopic (exact) mass is 487 g/mol. The standard InChI is InChI=1S/C18H23BrClN5O4/c1-5-28-16(26)11-8-10(9-25(11)17(27)29-18(2,3)4)22-14-15-21-6-7-24(15)13(20)12(19)23-14/h6-7,10-11H,5,8-9H2,1-4H3,(H,22,23). The number of rotatable bonds is 4. The third-order valence-electron chi connectivity index (χ3n) is 4.27. The van der Waals surface area contributed by atoms with Gasteiger partial charge >= 0.3 is 12.1 Å². The van der Waals surface area contributed by atoms with Gasteiger partial charge in [-0.2, -0.15) is 0 Å². The summed E-state index contributed by atoms with van der Waals surface area (Å²) in [6.07, 6.45) is 3.13. The van der Waals surface area contributed by atoms with Crippen molar-refractivity contribution >= 4 is 51.1 Å². The fourth-order valence-electron chi connectivity index (χ4n) is 3.15. The van der Waals surface area contributed by atoms with E-state index in [1.54, 1.807) is 44.5 Å². The lowest BCUT2D eigenvalue weighted by molar-refractivity contribution is -0.148. The van der Waals surface area contributed by atoms with Crippen LogP contribution in [0.15, 0.2) is 17.0 Å². The molecule has 3 rings (SSSR count). The minimum absolute atomic E-state index is 0.232. The van der Waals surface area contributed by atoms with Crippen LogP contribution in [0.2, 0.25) is 5.15 Å². The number of anilines is 1. The number of carbonyl (C=O) groups is 2. The topological polar surface area (TPSA) is 98.1 Å². The summed E-state index contributed by atoms with van der Waals surface area (Å²) in [5.41, 5.74) is -0.131.